The van der Waals surface area contributed by atoms with E-state index in [4.69, 9.17) is 20.6 Å². The molecule has 166 valence electrons. The molecule has 0 atom stereocenters. The summed E-state index contributed by atoms with van der Waals surface area (Å²) in [6, 6.07) is 11.1. The van der Waals surface area contributed by atoms with Gasteiger partial charge in [-0.05, 0) is 77.4 Å². The summed E-state index contributed by atoms with van der Waals surface area (Å²) in [5.74, 6) is 3.74. The summed E-state index contributed by atoms with van der Waals surface area (Å²) in [5, 5.41) is -0.327. The van der Waals surface area contributed by atoms with Crippen LogP contribution < -0.4 is 14.2 Å². The van der Waals surface area contributed by atoms with Gasteiger partial charge >= 0.3 is 0 Å². The Balaban J connectivity index is 1.71. The van der Waals surface area contributed by atoms with E-state index in [0.29, 0.717) is 38.8 Å². The second-order valence-electron chi connectivity index (χ2n) is 6.75. The van der Waals surface area contributed by atoms with Gasteiger partial charge in [0, 0.05) is 0 Å². The zero-order chi connectivity index (χ0) is 23.1. The number of carbonyl (C=O) groups excluding carboxylic acids is 2. The molecule has 2 amide bonds. The van der Waals surface area contributed by atoms with Gasteiger partial charge in [0.15, 0.2) is 11.5 Å². The molecular weight excluding hydrogens is 494 g/mol. The Morgan fingerprint density at radius 3 is 2.59 bits per heavy atom. The maximum Gasteiger partial charge on any atom is 0.293 e. The summed E-state index contributed by atoms with van der Waals surface area (Å²) in [7, 11) is 0. The summed E-state index contributed by atoms with van der Waals surface area (Å²) < 4.78 is 17.5. The van der Waals surface area contributed by atoms with Gasteiger partial charge in [-0.1, -0.05) is 23.6 Å². The second kappa shape index (κ2) is 11.1. The molecule has 2 aromatic rings. The van der Waals surface area contributed by atoms with Crippen molar-refractivity contribution in [3.05, 3.63) is 56.9 Å². The molecule has 1 aliphatic rings. The number of rotatable bonds is 9. The molecule has 0 aliphatic carbocycles. The molecule has 3 rings (SSSR count). The van der Waals surface area contributed by atoms with Gasteiger partial charge in [0.05, 0.1) is 22.5 Å². The van der Waals surface area contributed by atoms with Crippen molar-refractivity contribution in [3.63, 3.8) is 0 Å². The zero-order valence-electron chi connectivity index (χ0n) is 17.7. The topological polar surface area (TPSA) is 65.1 Å². The number of benzene rings is 2. The average Bonchev–Trinajstić information content (AvgIpc) is 3.02. The molecule has 1 saturated heterocycles. The summed E-state index contributed by atoms with van der Waals surface area (Å²) in [6.07, 6.45) is 6.93. The third-order valence-electron chi connectivity index (χ3n) is 4.41. The zero-order valence-corrected chi connectivity index (χ0v) is 20.1. The third-order valence-corrected chi connectivity index (χ3v) is 5.90. The normalized spacial score (nSPS) is 14.6. The minimum absolute atomic E-state index is 0.0988. The fourth-order valence-electron chi connectivity index (χ4n) is 2.92. The van der Waals surface area contributed by atoms with Crippen LogP contribution in [0.25, 0.3) is 6.08 Å². The molecule has 1 fully saturated rings. The number of aryl methyl sites for hydroxylation is 1. The van der Waals surface area contributed by atoms with Crippen molar-refractivity contribution < 1.29 is 23.8 Å². The van der Waals surface area contributed by atoms with Crippen LogP contribution in [0.15, 0.2) is 45.8 Å². The maximum absolute atomic E-state index is 12.8. The minimum atomic E-state index is -0.353. The van der Waals surface area contributed by atoms with Crippen LogP contribution in [0.4, 0.5) is 4.79 Å². The summed E-state index contributed by atoms with van der Waals surface area (Å²) in [6.45, 7) is 4.76. The smallest absolute Gasteiger partial charge is 0.293 e. The van der Waals surface area contributed by atoms with Crippen LogP contribution in [0.3, 0.4) is 0 Å². The number of ether oxygens (including phenoxy) is 3. The van der Waals surface area contributed by atoms with Crippen LogP contribution in [0, 0.1) is 19.3 Å². The van der Waals surface area contributed by atoms with Gasteiger partial charge in [-0.3, -0.25) is 14.5 Å². The van der Waals surface area contributed by atoms with Gasteiger partial charge in [0.2, 0.25) is 0 Å². The Labute approximate surface area is 200 Å². The molecule has 32 heavy (non-hydrogen) atoms. The van der Waals surface area contributed by atoms with E-state index in [9.17, 15) is 9.59 Å². The van der Waals surface area contributed by atoms with Gasteiger partial charge in [-0.2, -0.15) is 0 Å². The number of terminal acetylenes is 1. The Hall–Kier alpha value is -2.89. The predicted molar refractivity (Wildman–Crippen MR) is 129 cm³/mol. The molecule has 0 bridgehead atoms. The van der Waals surface area contributed by atoms with E-state index in [-0.39, 0.29) is 30.9 Å². The second-order valence-corrected chi connectivity index (χ2v) is 8.60. The quantitative estimate of drug-likeness (QED) is 0.334. The third kappa shape index (κ3) is 5.87. The van der Waals surface area contributed by atoms with Crippen molar-refractivity contribution in [1.82, 2.24) is 4.90 Å². The Kier molecular flexibility index (Phi) is 8.26. The molecule has 1 heterocycles. The highest BCUT2D eigenvalue weighted by Crippen LogP contribution is 2.39. The fraction of sp³-hybridized carbons (Fsp3) is 0.250. The molecule has 0 unspecified atom stereocenters. The van der Waals surface area contributed by atoms with Crippen LogP contribution >= 0.6 is 27.7 Å². The van der Waals surface area contributed by atoms with E-state index in [1.165, 1.54) is 4.90 Å². The van der Waals surface area contributed by atoms with Gasteiger partial charge in [-0.25, -0.2) is 0 Å². The monoisotopic (exact) mass is 515 g/mol. The number of amides is 2. The molecule has 8 heteroatoms. The van der Waals surface area contributed by atoms with Crippen LogP contribution in [-0.2, 0) is 4.79 Å². The Morgan fingerprint density at radius 2 is 1.91 bits per heavy atom. The molecule has 2 aromatic carbocycles. The van der Waals surface area contributed by atoms with E-state index in [2.05, 4.69) is 21.9 Å². The first-order valence-corrected chi connectivity index (χ1v) is 11.5. The molecule has 0 spiro atoms. The lowest BCUT2D eigenvalue weighted by Crippen LogP contribution is -2.32. The summed E-state index contributed by atoms with van der Waals surface area (Å²) in [4.78, 5) is 26.7. The number of carbonyl (C=O) groups is 2. The van der Waals surface area contributed by atoms with E-state index in [1.807, 2.05) is 38.1 Å². The summed E-state index contributed by atoms with van der Waals surface area (Å²) in [5.41, 5.74) is 1.82. The van der Waals surface area contributed by atoms with Crippen molar-refractivity contribution in [2.24, 2.45) is 0 Å². The van der Waals surface area contributed by atoms with Gasteiger partial charge in [-0.15, -0.1) is 6.42 Å². The highest BCUT2D eigenvalue weighted by atomic mass is 79.9. The molecular formula is C24H22BrNO5S. The average molecular weight is 516 g/mol. The first-order chi connectivity index (χ1) is 15.4. The number of halogens is 1. The van der Waals surface area contributed by atoms with Crippen LogP contribution in [-0.4, -0.2) is 42.4 Å². The lowest BCUT2D eigenvalue weighted by Gasteiger charge is -2.14. The van der Waals surface area contributed by atoms with E-state index in [0.717, 1.165) is 17.3 Å². The molecule has 0 saturated carbocycles. The van der Waals surface area contributed by atoms with Crippen molar-refractivity contribution in [2.75, 3.05) is 26.4 Å². The highest BCUT2D eigenvalue weighted by Gasteiger charge is 2.34. The molecule has 0 radical (unpaired) electrons. The number of thioether (sulfide) groups is 1. The molecule has 0 N–H and O–H groups in total. The summed E-state index contributed by atoms with van der Waals surface area (Å²) >= 11 is 4.36. The van der Waals surface area contributed by atoms with Crippen LogP contribution in [0.5, 0.6) is 17.2 Å². The molecule has 1 aliphatic heterocycles. The van der Waals surface area contributed by atoms with E-state index >= 15 is 0 Å². The first-order valence-electron chi connectivity index (χ1n) is 9.90. The highest BCUT2D eigenvalue weighted by molar-refractivity contribution is 9.10. The van der Waals surface area contributed by atoms with Crippen molar-refractivity contribution in [2.45, 2.75) is 13.8 Å². The van der Waals surface area contributed by atoms with Gasteiger partial charge in [0.1, 0.15) is 19.0 Å². The fourth-order valence-corrected chi connectivity index (χ4v) is 4.36. The molecule has 0 aromatic heterocycles. The van der Waals surface area contributed by atoms with E-state index in [1.54, 1.807) is 18.2 Å². The Bertz CT molecular complexity index is 1080. The molecule has 6 nitrogen and oxygen atoms in total. The lowest BCUT2D eigenvalue weighted by atomic mass is 10.2. The number of nitrogens with zero attached hydrogens (tertiary/aromatic N) is 1. The van der Waals surface area contributed by atoms with Crippen LogP contribution in [0.1, 0.15) is 18.1 Å². The predicted octanol–water partition coefficient (Wildman–Crippen LogP) is 5.28. The minimum Gasteiger partial charge on any atom is -0.492 e. The van der Waals surface area contributed by atoms with Gasteiger partial charge < -0.3 is 14.2 Å². The van der Waals surface area contributed by atoms with Crippen molar-refractivity contribution in [3.8, 4) is 29.6 Å². The van der Waals surface area contributed by atoms with Gasteiger partial charge in [0.25, 0.3) is 11.1 Å². The Morgan fingerprint density at radius 1 is 1.16 bits per heavy atom. The van der Waals surface area contributed by atoms with Crippen LogP contribution in [0.2, 0.25) is 0 Å². The maximum atomic E-state index is 12.8. The largest absolute Gasteiger partial charge is 0.492 e. The SMILES string of the molecule is C#CCOc1c(Br)cc(/C=C2\SC(=O)N(CCOc3ccc(C)cc3)C2=O)cc1OCC. The van der Waals surface area contributed by atoms with Crippen molar-refractivity contribution in [1.29, 1.82) is 0 Å². The standard InChI is InChI=1S/C24H22BrNO5S/c1-4-11-31-22-19(25)13-17(14-20(22)29-5-2)15-21-23(27)26(24(28)32-21)10-12-30-18-8-6-16(3)7-9-18/h1,6-9,13-15H,5,10-12H2,2-3H3/b21-15-. The first kappa shape index (κ1) is 23.8. The number of imide groups is 1. The lowest BCUT2D eigenvalue weighted by molar-refractivity contribution is -0.123. The number of hydrogen-bond donors (Lipinski definition) is 0. The number of hydrogen-bond acceptors (Lipinski definition) is 6. The van der Waals surface area contributed by atoms with Crippen molar-refractivity contribution >= 4 is 44.9 Å². The van der Waals surface area contributed by atoms with E-state index < -0.39 is 0 Å².